The van der Waals surface area contributed by atoms with Crippen LogP contribution in [-0.4, -0.2) is 37.1 Å². The fourth-order valence-electron chi connectivity index (χ4n) is 0.236. The van der Waals surface area contributed by atoms with Gasteiger partial charge >= 0.3 is 5.97 Å². The molecule has 0 aliphatic carbocycles. The number of carbonyl (C=O) groups is 1. The van der Waals surface area contributed by atoms with Gasteiger partial charge in [-0.1, -0.05) is 25.7 Å². The fourth-order valence-corrected chi connectivity index (χ4v) is 0.236. The summed E-state index contributed by atoms with van der Waals surface area (Å²) < 4.78 is 0. The molecule has 0 aromatic carbocycles. The number of nitrogens with zero attached hydrogens (tertiary/aromatic N) is 1. The SMILES string of the molecule is C=CC(=O)O.CC=CCC.CN(C)C. The Morgan fingerprint density at radius 3 is 1.71 bits per heavy atom. The first kappa shape index (κ1) is 18.6. The maximum Gasteiger partial charge on any atom is 0.327 e. The Labute approximate surface area is 87.7 Å². The van der Waals surface area contributed by atoms with E-state index in [0.717, 1.165) is 12.5 Å². The van der Waals surface area contributed by atoms with Crippen molar-refractivity contribution < 1.29 is 9.90 Å². The van der Waals surface area contributed by atoms with Gasteiger partial charge in [0.05, 0.1) is 0 Å². The van der Waals surface area contributed by atoms with Gasteiger partial charge in [-0.05, 0) is 34.5 Å². The minimum absolute atomic E-state index is 0.833. The fraction of sp³-hybridized carbons (Fsp3) is 0.545. The lowest BCUT2D eigenvalue weighted by Crippen LogP contribution is -1.99. The van der Waals surface area contributed by atoms with Crippen molar-refractivity contribution in [3.8, 4) is 0 Å². The zero-order valence-electron chi connectivity index (χ0n) is 9.95. The van der Waals surface area contributed by atoms with Gasteiger partial charge in [-0.25, -0.2) is 4.79 Å². The van der Waals surface area contributed by atoms with Crippen LogP contribution in [0.15, 0.2) is 24.8 Å². The number of allylic oxidation sites excluding steroid dienone is 2. The van der Waals surface area contributed by atoms with E-state index in [1.807, 2.05) is 33.0 Å². The van der Waals surface area contributed by atoms with Crippen LogP contribution >= 0.6 is 0 Å². The number of carboxylic acids is 1. The molecule has 0 aromatic rings. The average Bonchev–Trinajstić information content (AvgIpc) is 2.06. The molecule has 0 unspecified atom stereocenters. The molecule has 0 heterocycles. The van der Waals surface area contributed by atoms with Crippen molar-refractivity contribution >= 4 is 5.97 Å². The van der Waals surface area contributed by atoms with Crippen molar-refractivity contribution in [1.29, 1.82) is 0 Å². The monoisotopic (exact) mass is 201 g/mol. The van der Waals surface area contributed by atoms with Crippen molar-refractivity contribution in [1.82, 2.24) is 4.90 Å². The molecule has 1 N–H and O–H groups in total. The Balaban J connectivity index is -0.000000131. The van der Waals surface area contributed by atoms with Crippen molar-refractivity contribution in [2.45, 2.75) is 20.3 Å². The molecular formula is C11H23NO2. The summed E-state index contributed by atoms with van der Waals surface area (Å²) in [6.45, 7) is 7.12. The second-order valence-corrected chi connectivity index (χ2v) is 2.86. The predicted molar refractivity (Wildman–Crippen MR) is 62.5 cm³/mol. The number of hydrogen-bond acceptors (Lipinski definition) is 2. The van der Waals surface area contributed by atoms with Crippen molar-refractivity contribution in [3.63, 3.8) is 0 Å². The molecule has 0 saturated heterocycles. The molecule has 0 bridgehead atoms. The molecule has 0 spiro atoms. The van der Waals surface area contributed by atoms with E-state index >= 15 is 0 Å². The summed E-state index contributed by atoms with van der Waals surface area (Å²) in [6, 6.07) is 0. The van der Waals surface area contributed by atoms with Gasteiger partial charge in [-0.2, -0.15) is 0 Å². The van der Waals surface area contributed by atoms with Gasteiger partial charge in [0.25, 0.3) is 0 Å². The minimum Gasteiger partial charge on any atom is -0.478 e. The van der Waals surface area contributed by atoms with Crippen LogP contribution in [-0.2, 0) is 4.79 Å². The third-order valence-electron chi connectivity index (χ3n) is 0.646. The Morgan fingerprint density at radius 2 is 1.71 bits per heavy atom. The molecule has 14 heavy (non-hydrogen) atoms. The predicted octanol–water partition coefficient (Wildman–Crippen LogP) is 2.41. The number of hydrogen-bond donors (Lipinski definition) is 1. The van der Waals surface area contributed by atoms with Crippen LogP contribution < -0.4 is 0 Å². The smallest absolute Gasteiger partial charge is 0.327 e. The Bertz CT molecular complexity index is 149. The Morgan fingerprint density at radius 1 is 1.43 bits per heavy atom. The molecular weight excluding hydrogens is 178 g/mol. The molecule has 0 radical (unpaired) electrons. The van der Waals surface area contributed by atoms with Crippen LogP contribution in [0, 0.1) is 0 Å². The molecule has 3 nitrogen and oxygen atoms in total. The van der Waals surface area contributed by atoms with E-state index in [2.05, 4.69) is 25.7 Å². The third kappa shape index (κ3) is 127. The normalized spacial score (nSPS) is 8.43. The third-order valence-corrected chi connectivity index (χ3v) is 0.646. The van der Waals surface area contributed by atoms with Crippen LogP contribution in [0.2, 0.25) is 0 Å². The van der Waals surface area contributed by atoms with E-state index in [9.17, 15) is 4.79 Å². The van der Waals surface area contributed by atoms with Gasteiger partial charge in [0.15, 0.2) is 0 Å². The summed E-state index contributed by atoms with van der Waals surface area (Å²) in [4.78, 5) is 11.2. The molecule has 0 atom stereocenters. The quantitative estimate of drug-likeness (QED) is 0.551. The van der Waals surface area contributed by atoms with E-state index in [-0.39, 0.29) is 0 Å². The van der Waals surface area contributed by atoms with Gasteiger partial charge in [0.1, 0.15) is 0 Å². The zero-order valence-corrected chi connectivity index (χ0v) is 9.95. The molecule has 0 fully saturated rings. The first-order valence-electron chi connectivity index (χ1n) is 4.49. The van der Waals surface area contributed by atoms with E-state index < -0.39 is 5.97 Å². The van der Waals surface area contributed by atoms with Gasteiger partial charge in [0, 0.05) is 6.08 Å². The van der Waals surface area contributed by atoms with Crippen molar-refractivity contribution in [2.75, 3.05) is 21.1 Å². The lowest BCUT2D eigenvalue weighted by Gasteiger charge is -1.90. The lowest BCUT2D eigenvalue weighted by molar-refractivity contribution is -0.131. The largest absolute Gasteiger partial charge is 0.478 e. The highest BCUT2D eigenvalue weighted by molar-refractivity contribution is 5.78. The second-order valence-electron chi connectivity index (χ2n) is 2.86. The average molecular weight is 201 g/mol. The summed E-state index contributed by atoms with van der Waals surface area (Å²) in [7, 11) is 6.00. The van der Waals surface area contributed by atoms with E-state index in [0.29, 0.717) is 0 Å². The molecule has 0 saturated carbocycles. The highest BCUT2D eigenvalue weighted by Crippen LogP contribution is 1.73. The molecule has 0 aromatic heterocycles. The zero-order chi connectivity index (χ0) is 12.0. The summed E-state index contributed by atoms with van der Waals surface area (Å²) >= 11 is 0. The van der Waals surface area contributed by atoms with Gasteiger partial charge in [-0.15, -0.1) is 0 Å². The van der Waals surface area contributed by atoms with Crippen LogP contribution in [0.4, 0.5) is 0 Å². The van der Waals surface area contributed by atoms with Crippen LogP contribution in [0.25, 0.3) is 0 Å². The van der Waals surface area contributed by atoms with Crippen LogP contribution in [0.1, 0.15) is 20.3 Å². The minimum atomic E-state index is -0.981. The second kappa shape index (κ2) is 17.9. The molecule has 3 heteroatoms. The van der Waals surface area contributed by atoms with Crippen molar-refractivity contribution in [3.05, 3.63) is 24.8 Å². The standard InChI is InChI=1S/C5H10.C3H9N.C3H4O2/c1-3-5-4-2;1-4(2)3;1-2-3(4)5/h3,5H,4H2,1-2H3;1-3H3;2H,1H2,(H,4,5). The molecule has 0 aliphatic heterocycles. The number of carboxylic acid groups (broad SMARTS) is 1. The van der Waals surface area contributed by atoms with Gasteiger partial charge < -0.3 is 10.0 Å². The summed E-state index contributed by atoms with van der Waals surface area (Å²) in [5.41, 5.74) is 0. The first-order valence-corrected chi connectivity index (χ1v) is 4.49. The maximum atomic E-state index is 9.25. The summed E-state index contributed by atoms with van der Waals surface area (Å²) in [5, 5.41) is 7.60. The molecule has 84 valence electrons. The van der Waals surface area contributed by atoms with Gasteiger partial charge in [-0.3, -0.25) is 0 Å². The summed E-state index contributed by atoms with van der Waals surface area (Å²) in [6.07, 6.45) is 6.18. The molecule has 0 aliphatic rings. The Kier molecular flexibility index (Phi) is 23.8. The lowest BCUT2D eigenvalue weighted by atomic mass is 10.4. The van der Waals surface area contributed by atoms with Crippen molar-refractivity contribution in [2.24, 2.45) is 0 Å². The van der Waals surface area contributed by atoms with Crippen LogP contribution in [0.5, 0.6) is 0 Å². The number of rotatable bonds is 2. The van der Waals surface area contributed by atoms with E-state index in [4.69, 9.17) is 5.11 Å². The molecule has 0 amide bonds. The highest BCUT2D eigenvalue weighted by Gasteiger charge is 1.73. The van der Waals surface area contributed by atoms with E-state index in [1.54, 1.807) is 0 Å². The van der Waals surface area contributed by atoms with E-state index in [1.165, 1.54) is 0 Å². The topological polar surface area (TPSA) is 40.5 Å². The highest BCUT2D eigenvalue weighted by atomic mass is 16.4. The maximum absolute atomic E-state index is 9.25. The molecule has 0 rings (SSSR count). The Hall–Kier alpha value is -1.09. The number of aliphatic carboxylic acids is 1. The van der Waals surface area contributed by atoms with Gasteiger partial charge in [0.2, 0.25) is 0 Å². The first-order chi connectivity index (χ1) is 6.42. The summed E-state index contributed by atoms with van der Waals surface area (Å²) in [5.74, 6) is -0.981. The van der Waals surface area contributed by atoms with Crippen LogP contribution in [0.3, 0.4) is 0 Å².